The molecule has 0 radical (unpaired) electrons. The van der Waals surface area contributed by atoms with Crippen molar-refractivity contribution in [1.82, 2.24) is 14.8 Å². The van der Waals surface area contributed by atoms with Crippen LogP contribution in [0.3, 0.4) is 0 Å². The zero-order valence-corrected chi connectivity index (χ0v) is 10.3. The summed E-state index contributed by atoms with van der Waals surface area (Å²) in [5, 5.41) is 4.45. The third kappa shape index (κ3) is 2.36. The van der Waals surface area contributed by atoms with Crippen LogP contribution in [-0.2, 0) is 7.05 Å². The fourth-order valence-corrected chi connectivity index (χ4v) is 1.92. The standard InChI is InChI=1S/C13H18N4/c1-3-10(9-14)13-15-12(16-17(13)2)11-7-5-4-6-8-11/h4-8,10H,3,9,14H2,1-2H3. The summed E-state index contributed by atoms with van der Waals surface area (Å²) in [5.41, 5.74) is 6.79. The smallest absolute Gasteiger partial charge is 0.181 e. The monoisotopic (exact) mass is 230 g/mol. The number of rotatable bonds is 4. The van der Waals surface area contributed by atoms with E-state index < -0.39 is 0 Å². The van der Waals surface area contributed by atoms with E-state index in [1.54, 1.807) is 0 Å². The first kappa shape index (κ1) is 11.8. The van der Waals surface area contributed by atoms with Crippen LogP contribution < -0.4 is 5.73 Å². The first-order valence-electron chi connectivity index (χ1n) is 5.92. The largest absolute Gasteiger partial charge is 0.330 e. The molecule has 4 heteroatoms. The van der Waals surface area contributed by atoms with Gasteiger partial charge in [-0.15, -0.1) is 0 Å². The van der Waals surface area contributed by atoms with Crippen LogP contribution in [0.1, 0.15) is 25.1 Å². The summed E-state index contributed by atoms with van der Waals surface area (Å²) < 4.78 is 1.84. The lowest BCUT2D eigenvalue weighted by Gasteiger charge is -2.09. The van der Waals surface area contributed by atoms with Gasteiger partial charge in [-0.2, -0.15) is 5.10 Å². The molecule has 4 nitrogen and oxygen atoms in total. The molecule has 2 aromatic rings. The molecule has 0 spiro atoms. The Balaban J connectivity index is 2.37. The fraction of sp³-hybridized carbons (Fsp3) is 0.385. The topological polar surface area (TPSA) is 56.7 Å². The van der Waals surface area contributed by atoms with Crippen molar-refractivity contribution < 1.29 is 0 Å². The van der Waals surface area contributed by atoms with E-state index >= 15 is 0 Å². The van der Waals surface area contributed by atoms with Crippen molar-refractivity contribution in [3.05, 3.63) is 36.2 Å². The summed E-state index contributed by atoms with van der Waals surface area (Å²) >= 11 is 0. The minimum atomic E-state index is 0.282. The molecule has 90 valence electrons. The summed E-state index contributed by atoms with van der Waals surface area (Å²) in [5.74, 6) is 2.02. The van der Waals surface area contributed by atoms with Crippen molar-refractivity contribution >= 4 is 0 Å². The normalized spacial score (nSPS) is 12.6. The predicted octanol–water partition coefficient (Wildman–Crippen LogP) is 1.93. The molecule has 0 bridgehead atoms. The first-order valence-corrected chi connectivity index (χ1v) is 5.92. The second kappa shape index (κ2) is 5.10. The van der Waals surface area contributed by atoms with E-state index in [0.29, 0.717) is 6.54 Å². The Bertz CT molecular complexity index is 471. The summed E-state index contributed by atoms with van der Waals surface area (Å²) in [6.45, 7) is 2.73. The number of benzene rings is 1. The second-order valence-corrected chi connectivity index (χ2v) is 4.12. The van der Waals surface area contributed by atoms with Gasteiger partial charge >= 0.3 is 0 Å². The minimum absolute atomic E-state index is 0.282. The van der Waals surface area contributed by atoms with Gasteiger partial charge in [0.1, 0.15) is 5.82 Å². The Morgan fingerprint density at radius 1 is 1.29 bits per heavy atom. The summed E-state index contributed by atoms with van der Waals surface area (Å²) in [6.07, 6.45) is 0.983. The summed E-state index contributed by atoms with van der Waals surface area (Å²) in [6, 6.07) is 10.0. The van der Waals surface area contributed by atoms with Crippen LogP contribution in [0.2, 0.25) is 0 Å². The van der Waals surface area contributed by atoms with Gasteiger partial charge in [0, 0.05) is 25.1 Å². The van der Waals surface area contributed by atoms with Crippen LogP contribution in [0.15, 0.2) is 30.3 Å². The van der Waals surface area contributed by atoms with Crippen LogP contribution in [0.4, 0.5) is 0 Å². The van der Waals surface area contributed by atoms with Gasteiger partial charge in [0.05, 0.1) is 0 Å². The Hall–Kier alpha value is -1.68. The zero-order valence-electron chi connectivity index (χ0n) is 10.3. The van der Waals surface area contributed by atoms with Gasteiger partial charge in [-0.1, -0.05) is 37.3 Å². The quantitative estimate of drug-likeness (QED) is 0.873. The van der Waals surface area contributed by atoms with E-state index in [2.05, 4.69) is 17.0 Å². The number of aromatic nitrogens is 3. The average Bonchev–Trinajstić information content (AvgIpc) is 2.75. The van der Waals surface area contributed by atoms with Crippen molar-refractivity contribution in [2.75, 3.05) is 6.54 Å². The number of nitrogens with zero attached hydrogens (tertiary/aromatic N) is 3. The Morgan fingerprint density at radius 3 is 2.59 bits per heavy atom. The maximum absolute atomic E-state index is 5.75. The fourth-order valence-electron chi connectivity index (χ4n) is 1.92. The van der Waals surface area contributed by atoms with Gasteiger partial charge in [-0.05, 0) is 6.42 Å². The van der Waals surface area contributed by atoms with Gasteiger partial charge in [0.15, 0.2) is 5.82 Å². The van der Waals surface area contributed by atoms with E-state index in [4.69, 9.17) is 5.73 Å². The second-order valence-electron chi connectivity index (χ2n) is 4.12. The Labute approximate surface area is 101 Å². The summed E-state index contributed by atoms with van der Waals surface area (Å²) in [4.78, 5) is 4.59. The Morgan fingerprint density at radius 2 is 2.00 bits per heavy atom. The molecule has 17 heavy (non-hydrogen) atoms. The van der Waals surface area contributed by atoms with Crippen molar-refractivity contribution in [1.29, 1.82) is 0 Å². The molecule has 1 heterocycles. The molecule has 1 unspecified atom stereocenters. The van der Waals surface area contributed by atoms with Gasteiger partial charge in [-0.25, -0.2) is 4.98 Å². The number of hydrogen-bond donors (Lipinski definition) is 1. The van der Waals surface area contributed by atoms with E-state index in [1.807, 2.05) is 42.1 Å². The highest BCUT2D eigenvalue weighted by molar-refractivity contribution is 5.54. The van der Waals surface area contributed by atoms with Crippen LogP contribution in [0, 0.1) is 0 Å². The van der Waals surface area contributed by atoms with Crippen molar-refractivity contribution in [2.45, 2.75) is 19.3 Å². The van der Waals surface area contributed by atoms with Crippen LogP contribution in [-0.4, -0.2) is 21.3 Å². The van der Waals surface area contributed by atoms with Crippen LogP contribution in [0.25, 0.3) is 11.4 Å². The molecule has 0 fully saturated rings. The van der Waals surface area contributed by atoms with Crippen molar-refractivity contribution in [3.63, 3.8) is 0 Å². The van der Waals surface area contributed by atoms with E-state index in [0.717, 1.165) is 23.6 Å². The van der Waals surface area contributed by atoms with Gasteiger partial charge in [0.2, 0.25) is 0 Å². The lowest BCUT2D eigenvalue weighted by molar-refractivity contribution is 0.580. The third-order valence-electron chi connectivity index (χ3n) is 2.97. The number of hydrogen-bond acceptors (Lipinski definition) is 3. The predicted molar refractivity (Wildman–Crippen MR) is 68.5 cm³/mol. The van der Waals surface area contributed by atoms with Crippen LogP contribution >= 0.6 is 0 Å². The van der Waals surface area contributed by atoms with Gasteiger partial charge in [-0.3, -0.25) is 4.68 Å². The molecule has 0 aliphatic carbocycles. The van der Waals surface area contributed by atoms with Gasteiger partial charge < -0.3 is 5.73 Å². The number of aryl methyl sites for hydroxylation is 1. The SMILES string of the molecule is CCC(CN)c1nc(-c2ccccc2)nn1C. The molecule has 0 saturated heterocycles. The molecular formula is C13H18N4. The molecule has 1 atom stereocenters. The highest BCUT2D eigenvalue weighted by Gasteiger charge is 2.16. The summed E-state index contributed by atoms with van der Waals surface area (Å²) in [7, 11) is 1.92. The molecule has 0 amide bonds. The maximum atomic E-state index is 5.75. The zero-order chi connectivity index (χ0) is 12.3. The Kier molecular flexibility index (Phi) is 3.54. The van der Waals surface area contributed by atoms with Crippen molar-refractivity contribution in [3.8, 4) is 11.4 Å². The minimum Gasteiger partial charge on any atom is -0.330 e. The average molecular weight is 230 g/mol. The highest BCUT2D eigenvalue weighted by Crippen LogP contribution is 2.20. The number of nitrogens with two attached hydrogens (primary N) is 1. The first-order chi connectivity index (χ1) is 8.26. The molecule has 0 saturated carbocycles. The molecule has 0 aliphatic heterocycles. The van der Waals surface area contributed by atoms with Gasteiger partial charge in [0.25, 0.3) is 0 Å². The molecule has 2 rings (SSSR count). The third-order valence-corrected chi connectivity index (χ3v) is 2.97. The van der Waals surface area contributed by atoms with Crippen molar-refractivity contribution in [2.24, 2.45) is 12.8 Å². The molecule has 1 aromatic heterocycles. The molecule has 2 N–H and O–H groups in total. The lowest BCUT2D eigenvalue weighted by atomic mass is 10.1. The van der Waals surface area contributed by atoms with E-state index in [1.165, 1.54) is 0 Å². The lowest BCUT2D eigenvalue weighted by Crippen LogP contribution is -2.16. The maximum Gasteiger partial charge on any atom is 0.181 e. The molecular weight excluding hydrogens is 212 g/mol. The molecule has 0 aliphatic rings. The molecule has 1 aromatic carbocycles. The van der Waals surface area contributed by atoms with Crippen LogP contribution in [0.5, 0.6) is 0 Å². The highest BCUT2D eigenvalue weighted by atomic mass is 15.3. The van der Waals surface area contributed by atoms with E-state index in [-0.39, 0.29) is 5.92 Å². The van der Waals surface area contributed by atoms with E-state index in [9.17, 15) is 0 Å².